The zero-order chi connectivity index (χ0) is 54.2. The molecule has 2 aromatic carbocycles. The van der Waals surface area contributed by atoms with E-state index in [1.54, 1.807) is 49.4 Å². The number of carbonyl (C=O) groups excluding carboxylic acids is 6. The number of esters is 1. The molecule has 0 bridgehead atoms. The molecule has 74 heavy (non-hydrogen) atoms. The van der Waals surface area contributed by atoms with Gasteiger partial charge in [0.05, 0.1) is 40.8 Å². The van der Waals surface area contributed by atoms with Crippen LogP contribution in [0.25, 0.3) is 22.3 Å². The van der Waals surface area contributed by atoms with E-state index in [9.17, 15) is 51.6 Å². The number of likely N-dealkylation sites (N-methyl/N-ethyl adjacent to an activating group) is 1. The number of nitrogens with zero attached hydrogens (tertiary/aromatic N) is 4. The van der Waals surface area contributed by atoms with Gasteiger partial charge in [-0.1, -0.05) is 53.7 Å². The fraction of sp³-hybridized carbons (Fsp3) is 0.480. The van der Waals surface area contributed by atoms with Gasteiger partial charge in [-0.2, -0.15) is 8.42 Å². The van der Waals surface area contributed by atoms with Crippen molar-refractivity contribution in [3.05, 3.63) is 86.7 Å². The largest absolute Gasteiger partial charge is 0.458 e. The predicted octanol–water partition coefficient (Wildman–Crippen LogP) is 3.49. The van der Waals surface area contributed by atoms with Gasteiger partial charge in [0.2, 0.25) is 11.8 Å². The Morgan fingerprint density at radius 1 is 0.959 bits per heavy atom. The van der Waals surface area contributed by atoms with Crippen LogP contribution in [0.4, 0.5) is 20.1 Å². The number of nitrogens with two attached hydrogens (primary N) is 1. The van der Waals surface area contributed by atoms with Crippen LogP contribution in [0.1, 0.15) is 88.6 Å². The smallest absolute Gasteiger partial charge is 0.415 e. The molecule has 2 aromatic heterocycles. The van der Waals surface area contributed by atoms with E-state index in [4.69, 9.17) is 24.9 Å². The maximum atomic E-state index is 13.8. The van der Waals surface area contributed by atoms with Gasteiger partial charge >= 0.3 is 24.2 Å². The average molecular weight is 1050 g/mol. The number of urea groups is 1. The number of pyridine rings is 2. The number of aryl methyl sites for hydroxylation is 1. The normalized spacial score (nSPS) is 15.6. The highest BCUT2D eigenvalue weighted by Crippen LogP contribution is 2.41. The molecule has 24 heteroatoms. The van der Waals surface area contributed by atoms with Gasteiger partial charge in [0, 0.05) is 61.5 Å². The maximum absolute atomic E-state index is 13.8. The number of rotatable bonds is 22. The van der Waals surface area contributed by atoms with Crippen LogP contribution in [0.15, 0.2) is 53.3 Å². The van der Waals surface area contributed by atoms with E-state index in [0.717, 1.165) is 16.0 Å². The van der Waals surface area contributed by atoms with Gasteiger partial charge in [0.25, 0.3) is 15.7 Å². The van der Waals surface area contributed by atoms with Gasteiger partial charge < -0.3 is 60.7 Å². The molecule has 4 heterocycles. The number of aliphatic hydroxyl groups is 1. The van der Waals surface area contributed by atoms with Crippen LogP contribution in [0.5, 0.6) is 5.75 Å². The van der Waals surface area contributed by atoms with E-state index in [0.29, 0.717) is 46.4 Å². The van der Waals surface area contributed by atoms with Crippen LogP contribution in [-0.4, -0.2) is 131 Å². The monoisotopic (exact) mass is 1050 g/mol. The molecule has 4 aromatic rings. The third-order valence-corrected chi connectivity index (χ3v) is 13.6. The van der Waals surface area contributed by atoms with E-state index in [2.05, 4.69) is 21.3 Å². The Labute approximate surface area is 428 Å². The minimum atomic E-state index is -4.53. The molecule has 3 atom stereocenters. The maximum Gasteiger partial charge on any atom is 0.415 e. The minimum absolute atomic E-state index is 0.00662. The molecule has 2 aliphatic rings. The van der Waals surface area contributed by atoms with Crippen molar-refractivity contribution in [1.29, 1.82) is 0 Å². The molecule has 0 radical (unpaired) electrons. The Kier molecular flexibility index (Phi) is 18.1. The second kappa shape index (κ2) is 23.8. The number of hydrogen-bond donors (Lipinski definition) is 7. The fourth-order valence-electron chi connectivity index (χ4n) is 8.80. The Bertz CT molecular complexity index is 2960. The van der Waals surface area contributed by atoms with Crippen LogP contribution in [-0.2, 0) is 65.8 Å². The highest BCUT2D eigenvalue weighted by Gasteiger charge is 2.45. The summed E-state index contributed by atoms with van der Waals surface area (Å²) in [7, 11) is -3.11. The lowest BCUT2D eigenvalue weighted by Gasteiger charge is -2.31. The van der Waals surface area contributed by atoms with Crippen LogP contribution >= 0.6 is 0 Å². The van der Waals surface area contributed by atoms with Crippen molar-refractivity contribution in [3.63, 3.8) is 0 Å². The van der Waals surface area contributed by atoms with E-state index < -0.39 is 75.8 Å². The molecule has 0 saturated heterocycles. The van der Waals surface area contributed by atoms with Gasteiger partial charge in [0.1, 0.15) is 25.0 Å². The van der Waals surface area contributed by atoms with Crippen LogP contribution < -0.4 is 37.3 Å². The van der Waals surface area contributed by atoms with Gasteiger partial charge in [-0.15, -0.1) is 0 Å². The summed E-state index contributed by atoms with van der Waals surface area (Å²) in [6.45, 7) is 10.2. The number of carbonyl (C=O) groups is 6. The van der Waals surface area contributed by atoms with Gasteiger partial charge in [-0.05, 0) is 79.1 Å². The first-order chi connectivity index (χ1) is 34.9. The van der Waals surface area contributed by atoms with Crippen molar-refractivity contribution >= 4 is 62.7 Å². The average Bonchev–Trinajstić information content (AvgIpc) is 3.71. The molecule has 8 N–H and O–H groups in total. The molecule has 400 valence electrons. The third-order valence-electron chi connectivity index (χ3n) is 12.9. The number of primary amides is 1. The highest BCUT2D eigenvalue weighted by molar-refractivity contribution is 7.85. The SMILES string of the molecule is CCc1c2c(nc3ccc(OC(=O)N(CCN(C)C(=O)OCc4ccc(NC(=O)[C@H](CCCNC(N)=O)NC(=O)[C@@H](NC(C)C)C(C)C)cc4)CCS(=O)(=O)O)cc13)-c1cc3c(c(=O)n1C2)COC(=O)[C@]3(O)CC. The molecule has 0 fully saturated rings. The standard InChI is InChI=1S/C50H65N9O14S/c1-8-33-34-23-32(16-17-38(34)55-42-35(33)25-59-40(42)24-37-36(45(59)62)27-71-46(63)50(37,67)9-2)73-49(66)58(21-22-74(68,69)70)20-19-57(7)48(65)72-26-30-12-14-31(15-13-30)54-43(60)39(11-10-18-52-47(51)64)56-44(61)41(28(3)4)53-29(5)6/h12-17,23-24,28-29,39,41,53,67H,8-11,18-22,25-27H2,1-7H3,(H,54,60)(H,56,61)(H3,51,52,64)(H,68,69,70)/t39-,41-,50-/m0/s1. The van der Waals surface area contributed by atoms with E-state index >= 15 is 0 Å². The van der Waals surface area contributed by atoms with Gasteiger partial charge in [-0.25, -0.2) is 24.2 Å². The molecule has 23 nitrogen and oxygen atoms in total. The van der Waals surface area contributed by atoms with Crippen molar-refractivity contribution < 1.29 is 61.1 Å². The molecular weight excluding hydrogens is 983 g/mol. The topological polar surface area (TPSA) is 320 Å². The Balaban J connectivity index is 1.08. The van der Waals surface area contributed by atoms with Gasteiger partial charge in [-0.3, -0.25) is 18.9 Å². The summed E-state index contributed by atoms with van der Waals surface area (Å²) >= 11 is 0. The lowest BCUT2D eigenvalue weighted by Crippen LogP contribution is -2.54. The summed E-state index contributed by atoms with van der Waals surface area (Å²) in [6, 6.07) is 10.6. The number of fused-ring (bicyclic) bond motifs is 5. The minimum Gasteiger partial charge on any atom is -0.458 e. The first kappa shape index (κ1) is 56.2. The number of cyclic esters (lactones) is 1. The number of aromatic nitrogens is 2. The zero-order valence-corrected chi connectivity index (χ0v) is 43.3. The molecule has 0 aliphatic carbocycles. The van der Waals surface area contributed by atoms with Crippen molar-refractivity contribution in [2.45, 2.75) is 111 Å². The van der Waals surface area contributed by atoms with Crippen molar-refractivity contribution in [1.82, 2.24) is 35.3 Å². The number of anilines is 1. The Morgan fingerprint density at radius 2 is 1.68 bits per heavy atom. The highest BCUT2D eigenvalue weighted by atomic mass is 32.2. The van der Waals surface area contributed by atoms with Crippen LogP contribution in [0.3, 0.4) is 0 Å². The summed E-state index contributed by atoms with van der Waals surface area (Å²) in [4.78, 5) is 98.2. The number of ether oxygens (including phenoxy) is 3. The molecule has 6 amide bonds. The zero-order valence-electron chi connectivity index (χ0n) is 42.5. The second-order valence-electron chi connectivity index (χ2n) is 18.9. The molecule has 0 spiro atoms. The van der Waals surface area contributed by atoms with E-state index in [1.807, 2.05) is 34.6 Å². The number of benzene rings is 2. The van der Waals surface area contributed by atoms with Crippen molar-refractivity contribution in [2.75, 3.05) is 44.3 Å². The number of amides is 6. The molecule has 0 saturated carbocycles. The summed E-state index contributed by atoms with van der Waals surface area (Å²) in [5.74, 6) is -2.48. The van der Waals surface area contributed by atoms with E-state index in [-0.39, 0.29) is 87.0 Å². The summed E-state index contributed by atoms with van der Waals surface area (Å²) in [5.41, 5.74) is 7.08. The van der Waals surface area contributed by atoms with Gasteiger partial charge in [0.15, 0.2) is 5.60 Å². The summed E-state index contributed by atoms with van der Waals surface area (Å²) in [6.07, 6.45) is -0.728. The first-order valence-electron chi connectivity index (χ1n) is 24.4. The van der Waals surface area contributed by atoms with Crippen LogP contribution in [0, 0.1) is 5.92 Å². The summed E-state index contributed by atoms with van der Waals surface area (Å²) < 4.78 is 51.1. The number of nitrogens with one attached hydrogen (secondary N) is 4. The van der Waals surface area contributed by atoms with Crippen molar-refractivity contribution in [2.24, 2.45) is 11.7 Å². The van der Waals surface area contributed by atoms with E-state index in [1.165, 1.54) is 22.6 Å². The molecule has 6 rings (SSSR count). The molecule has 0 unspecified atom stereocenters. The first-order valence-corrected chi connectivity index (χ1v) is 26.0. The predicted molar refractivity (Wildman–Crippen MR) is 271 cm³/mol. The van der Waals surface area contributed by atoms with Crippen molar-refractivity contribution in [3.8, 4) is 17.1 Å². The fourth-order valence-corrected chi connectivity index (χ4v) is 9.25. The Morgan fingerprint density at radius 3 is 2.31 bits per heavy atom. The molecule has 2 aliphatic heterocycles. The lowest BCUT2D eigenvalue weighted by atomic mass is 9.86. The Hall–Kier alpha value is -7.15. The number of hydrogen-bond acceptors (Lipinski definition) is 15. The van der Waals surface area contributed by atoms with Crippen LogP contribution in [0.2, 0.25) is 0 Å². The molecular formula is C50H65N9O14S. The summed E-state index contributed by atoms with van der Waals surface area (Å²) in [5, 5.41) is 23.2. The third kappa shape index (κ3) is 13.3. The quantitative estimate of drug-likeness (QED) is 0.0296. The second-order valence-corrected chi connectivity index (χ2v) is 20.5. The lowest BCUT2D eigenvalue weighted by molar-refractivity contribution is -0.172.